The van der Waals surface area contributed by atoms with Gasteiger partial charge in [0.15, 0.2) is 0 Å². The van der Waals surface area contributed by atoms with E-state index in [1.54, 1.807) is 0 Å². The molecule has 0 bridgehead atoms. The van der Waals surface area contributed by atoms with Crippen LogP contribution in [0.1, 0.15) is 51.9 Å². The van der Waals surface area contributed by atoms with Crippen LogP contribution in [-0.2, 0) is 0 Å². The monoisotopic (exact) mass is 196 g/mol. The first-order valence-corrected chi connectivity index (χ1v) is 6.32. The number of hydrogen-bond donors (Lipinski definition) is 1. The van der Waals surface area contributed by atoms with Crippen LogP contribution in [0.5, 0.6) is 0 Å². The standard InChI is InChI=1S/C12H24N2/c1-2-14(11-4-3-5-11)12-8-6-10(13)7-9-12/h10-12H,2-9,13H2,1H3. The van der Waals surface area contributed by atoms with Crippen LogP contribution in [0, 0.1) is 0 Å². The molecule has 0 amide bonds. The second kappa shape index (κ2) is 4.63. The Morgan fingerprint density at radius 1 is 1.00 bits per heavy atom. The van der Waals surface area contributed by atoms with Crippen molar-refractivity contribution in [2.45, 2.75) is 70.0 Å². The summed E-state index contributed by atoms with van der Waals surface area (Å²) < 4.78 is 0. The van der Waals surface area contributed by atoms with Gasteiger partial charge in [-0.15, -0.1) is 0 Å². The molecule has 0 atom stereocenters. The molecule has 0 aliphatic heterocycles. The predicted molar refractivity (Wildman–Crippen MR) is 60.3 cm³/mol. The van der Waals surface area contributed by atoms with Crippen molar-refractivity contribution in [3.63, 3.8) is 0 Å². The van der Waals surface area contributed by atoms with E-state index >= 15 is 0 Å². The van der Waals surface area contributed by atoms with Crippen molar-refractivity contribution in [1.29, 1.82) is 0 Å². The first-order valence-electron chi connectivity index (χ1n) is 6.32. The van der Waals surface area contributed by atoms with Gasteiger partial charge in [0.05, 0.1) is 0 Å². The normalized spacial score (nSPS) is 34.5. The van der Waals surface area contributed by atoms with E-state index in [2.05, 4.69) is 11.8 Å². The molecule has 2 nitrogen and oxygen atoms in total. The summed E-state index contributed by atoms with van der Waals surface area (Å²) in [6.45, 7) is 3.55. The third kappa shape index (κ3) is 2.12. The Labute approximate surface area is 87.8 Å². The van der Waals surface area contributed by atoms with E-state index in [9.17, 15) is 0 Å². The van der Waals surface area contributed by atoms with Gasteiger partial charge in [0.25, 0.3) is 0 Å². The Morgan fingerprint density at radius 2 is 1.57 bits per heavy atom. The number of rotatable bonds is 3. The van der Waals surface area contributed by atoms with Gasteiger partial charge < -0.3 is 5.73 Å². The smallest absolute Gasteiger partial charge is 0.00992 e. The molecule has 0 radical (unpaired) electrons. The highest BCUT2D eigenvalue weighted by Crippen LogP contribution is 2.31. The second-order valence-corrected chi connectivity index (χ2v) is 4.98. The lowest BCUT2D eigenvalue weighted by molar-refractivity contribution is 0.0626. The molecule has 2 aliphatic rings. The molecule has 0 saturated heterocycles. The summed E-state index contributed by atoms with van der Waals surface area (Å²) in [7, 11) is 0. The maximum absolute atomic E-state index is 5.94. The molecule has 2 N–H and O–H groups in total. The van der Waals surface area contributed by atoms with E-state index in [4.69, 9.17) is 5.73 Å². The Kier molecular flexibility index (Phi) is 3.45. The highest BCUT2D eigenvalue weighted by Gasteiger charge is 2.31. The van der Waals surface area contributed by atoms with Crippen molar-refractivity contribution in [2.75, 3.05) is 6.54 Å². The van der Waals surface area contributed by atoms with Gasteiger partial charge >= 0.3 is 0 Å². The first kappa shape index (κ1) is 10.4. The van der Waals surface area contributed by atoms with E-state index < -0.39 is 0 Å². The molecular weight excluding hydrogens is 172 g/mol. The van der Waals surface area contributed by atoms with E-state index in [1.165, 1.54) is 51.5 Å². The van der Waals surface area contributed by atoms with E-state index in [0.717, 1.165) is 12.1 Å². The zero-order valence-electron chi connectivity index (χ0n) is 9.41. The number of nitrogens with zero attached hydrogens (tertiary/aromatic N) is 1. The van der Waals surface area contributed by atoms with Gasteiger partial charge in [-0.1, -0.05) is 13.3 Å². The average Bonchev–Trinajstić information content (AvgIpc) is 2.13. The highest BCUT2D eigenvalue weighted by atomic mass is 15.2. The molecule has 2 heteroatoms. The maximum Gasteiger partial charge on any atom is 0.00992 e. The van der Waals surface area contributed by atoms with Gasteiger partial charge in [-0.3, -0.25) is 4.90 Å². The zero-order chi connectivity index (χ0) is 9.97. The van der Waals surface area contributed by atoms with Crippen LogP contribution in [0.4, 0.5) is 0 Å². The molecule has 2 aliphatic carbocycles. The minimum Gasteiger partial charge on any atom is -0.328 e. The second-order valence-electron chi connectivity index (χ2n) is 4.98. The van der Waals surface area contributed by atoms with Crippen LogP contribution in [0.15, 0.2) is 0 Å². The van der Waals surface area contributed by atoms with Crippen LogP contribution < -0.4 is 5.73 Å². The molecular formula is C12H24N2. The fraction of sp³-hybridized carbons (Fsp3) is 1.00. The summed E-state index contributed by atoms with van der Waals surface area (Å²) in [5, 5.41) is 0. The quantitative estimate of drug-likeness (QED) is 0.749. The summed E-state index contributed by atoms with van der Waals surface area (Å²) in [5.41, 5.74) is 5.94. The van der Waals surface area contributed by atoms with Gasteiger partial charge in [-0.25, -0.2) is 0 Å². The number of nitrogens with two attached hydrogens (primary N) is 1. The molecule has 0 spiro atoms. The van der Waals surface area contributed by atoms with Crippen LogP contribution in [0.25, 0.3) is 0 Å². The first-order chi connectivity index (χ1) is 6.81. The van der Waals surface area contributed by atoms with E-state index in [0.29, 0.717) is 6.04 Å². The third-order valence-electron chi connectivity index (χ3n) is 4.12. The van der Waals surface area contributed by atoms with Crippen molar-refractivity contribution in [2.24, 2.45) is 5.73 Å². The van der Waals surface area contributed by atoms with Crippen LogP contribution >= 0.6 is 0 Å². The molecule has 0 heterocycles. The van der Waals surface area contributed by atoms with Crippen molar-refractivity contribution >= 4 is 0 Å². The van der Waals surface area contributed by atoms with Gasteiger partial charge in [0.2, 0.25) is 0 Å². The lowest BCUT2D eigenvalue weighted by Crippen LogP contribution is -2.48. The van der Waals surface area contributed by atoms with Crippen LogP contribution in [0.3, 0.4) is 0 Å². The zero-order valence-corrected chi connectivity index (χ0v) is 9.41. The summed E-state index contributed by atoms with van der Waals surface area (Å²) in [5.74, 6) is 0. The van der Waals surface area contributed by atoms with Gasteiger partial charge in [-0.2, -0.15) is 0 Å². The molecule has 2 fully saturated rings. The SMILES string of the molecule is CCN(C1CCC1)C1CCC(N)CC1. The molecule has 0 aromatic carbocycles. The molecule has 2 rings (SSSR count). The highest BCUT2D eigenvalue weighted by molar-refractivity contribution is 4.87. The van der Waals surface area contributed by atoms with Gasteiger partial charge in [0.1, 0.15) is 0 Å². The van der Waals surface area contributed by atoms with E-state index in [-0.39, 0.29) is 0 Å². The maximum atomic E-state index is 5.94. The van der Waals surface area contributed by atoms with Gasteiger partial charge in [0, 0.05) is 18.1 Å². The lowest BCUT2D eigenvalue weighted by atomic mass is 9.85. The third-order valence-corrected chi connectivity index (χ3v) is 4.12. The summed E-state index contributed by atoms with van der Waals surface area (Å²) in [6.07, 6.45) is 9.50. The fourth-order valence-corrected chi connectivity index (χ4v) is 2.97. The Hall–Kier alpha value is -0.0800. The van der Waals surface area contributed by atoms with Crippen molar-refractivity contribution < 1.29 is 0 Å². The van der Waals surface area contributed by atoms with E-state index in [1.807, 2.05) is 0 Å². The molecule has 14 heavy (non-hydrogen) atoms. The predicted octanol–water partition coefficient (Wildman–Crippen LogP) is 2.13. The summed E-state index contributed by atoms with van der Waals surface area (Å²) in [4.78, 5) is 2.75. The molecule has 2 saturated carbocycles. The number of hydrogen-bond acceptors (Lipinski definition) is 2. The average molecular weight is 196 g/mol. The Balaban J connectivity index is 1.84. The van der Waals surface area contributed by atoms with Crippen LogP contribution in [-0.4, -0.2) is 29.6 Å². The van der Waals surface area contributed by atoms with Crippen molar-refractivity contribution in [3.8, 4) is 0 Å². The Morgan fingerprint density at radius 3 is 2.00 bits per heavy atom. The molecule has 0 aromatic heterocycles. The lowest BCUT2D eigenvalue weighted by Gasteiger charge is -2.44. The fourth-order valence-electron chi connectivity index (χ4n) is 2.97. The minimum absolute atomic E-state index is 0.492. The van der Waals surface area contributed by atoms with Gasteiger partial charge in [-0.05, 0) is 45.1 Å². The summed E-state index contributed by atoms with van der Waals surface area (Å²) in [6, 6.07) is 2.26. The minimum atomic E-state index is 0.492. The van der Waals surface area contributed by atoms with Crippen molar-refractivity contribution in [1.82, 2.24) is 4.90 Å². The molecule has 0 aromatic rings. The summed E-state index contributed by atoms with van der Waals surface area (Å²) >= 11 is 0. The molecule has 0 unspecified atom stereocenters. The Bertz CT molecular complexity index is 169. The largest absolute Gasteiger partial charge is 0.328 e. The topological polar surface area (TPSA) is 29.3 Å². The molecule has 82 valence electrons. The van der Waals surface area contributed by atoms with Crippen LogP contribution in [0.2, 0.25) is 0 Å². The van der Waals surface area contributed by atoms with Crippen molar-refractivity contribution in [3.05, 3.63) is 0 Å².